The summed E-state index contributed by atoms with van der Waals surface area (Å²) in [6.45, 7) is 1.81. The molecule has 3 N–H and O–H groups in total. The van der Waals surface area contributed by atoms with Crippen molar-refractivity contribution in [3.63, 3.8) is 0 Å². The van der Waals surface area contributed by atoms with Crippen LogP contribution in [0, 0.1) is 17.8 Å². The lowest BCUT2D eigenvalue weighted by atomic mass is 9.53. The molecule has 0 aromatic carbocycles. The number of nitrogens with zero attached hydrogens (tertiary/aromatic N) is 2. The molecule has 4 fully saturated rings. The van der Waals surface area contributed by atoms with Crippen molar-refractivity contribution in [1.29, 1.82) is 0 Å². The zero-order valence-corrected chi connectivity index (χ0v) is 14.0. The van der Waals surface area contributed by atoms with E-state index in [0.29, 0.717) is 5.82 Å². The van der Waals surface area contributed by atoms with Crippen molar-refractivity contribution in [2.45, 2.75) is 63.5 Å². The number of aromatic amines is 1. The van der Waals surface area contributed by atoms with Gasteiger partial charge in [-0.05, 0) is 63.2 Å². The number of nitrogens with one attached hydrogen (secondary N) is 3. The van der Waals surface area contributed by atoms with Crippen molar-refractivity contribution in [1.82, 2.24) is 25.8 Å². The molecule has 24 heavy (non-hydrogen) atoms. The minimum atomic E-state index is -0.285. The summed E-state index contributed by atoms with van der Waals surface area (Å²) in [6.07, 6.45) is 8.58. The Bertz CT molecular complexity index is 592. The van der Waals surface area contributed by atoms with Crippen LogP contribution in [0.1, 0.15) is 63.7 Å². The van der Waals surface area contributed by atoms with Crippen molar-refractivity contribution in [2.24, 2.45) is 17.8 Å². The summed E-state index contributed by atoms with van der Waals surface area (Å²) in [5.41, 5.74) is -0.0390. The van der Waals surface area contributed by atoms with Crippen LogP contribution in [-0.4, -0.2) is 32.5 Å². The van der Waals surface area contributed by atoms with Gasteiger partial charge in [0, 0.05) is 5.54 Å². The van der Waals surface area contributed by atoms with E-state index in [9.17, 15) is 9.59 Å². The number of H-pyrrole nitrogens is 1. The highest BCUT2D eigenvalue weighted by Crippen LogP contribution is 2.55. The normalized spacial score (nSPS) is 34.8. The molecule has 1 heterocycles. The molecule has 0 radical (unpaired) electrons. The maximum Gasteiger partial charge on any atom is 0.230 e. The highest BCUT2D eigenvalue weighted by molar-refractivity contribution is 5.97. The molecular formula is C17H25N5O2. The van der Waals surface area contributed by atoms with Gasteiger partial charge in [0.25, 0.3) is 0 Å². The minimum Gasteiger partial charge on any atom is -0.350 e. The second-order valence-electron chi connectivity index (χ2n) is 8.08. The van der Waals surface area contributed by atoms with Crippen molar-refractivity contribution < 1.29 is 9.59 Å². The third kappa shape index (κ3) is 3.03. The fourth-order valence-corrected chi connectivity index (χ4v) is 5.53. The number of carbonyl (C=O) groups is 2. The van der Waals surface area contributed by atoms with Crippen LogP contribution in [0.25, 0.3) is 0 Å². The van der Waals surface area contributed by atoms with E-state index in [2.05, 4.69) is 25.8 Å². The number of rotatable bonds is 5. The molecule has 7 heteroatoms. The van der Waals surface area contributed by atoms with Gasteiger partial charge in [-0.15, -0.1) is 0 Å². The lowest BCUT2D eigenvalue weighted by molar-refractivity contribution is -0.132. The summed E-state index contributed by atoms with van der Waals surface area (Å²) in [6, 6.07) is -0.285. The molecule has 7 nitrogen and oxygen atoms in total. The van der Waals surface area contributed by atoms with Crippen molar-refractivity contribution in [3.8, 4) is 0 Å². The van der Waals surface area contributed by atoms with Gasteiger partial charge in [-0.3, -0.25) is 14.7 Å². The summed E-state index contributed by atoms with van der Waals surface area (Å²) in [5, 5.41) is 12.5. The Labute approximate surface area is 141 Å². The predicted octanol–water partition coefficient (Wildman–Crippen LogP) is 1.46. The standard InChI is InChI=1S/C17H25N5O2/c1-10(16-18-9-19-22-16)20-14(23)5-15(24)21-17-6-11-2-12(7-17)4-13(3-11)8-17/h9-13H,2-8H2,1H3,(H,20,23)(H,21,24)(H,18,19,22)/t10-,11?,12?,13?,17?/m1/s1. The predicted molar refractivity (Wildman–Crippen MR) is 86.6 cm³/mol. The molecular weight excluding hydrogens is 306 g/mol. The third-order valence-corrected chi connectivity index (χ3v) is 5.99. The SMILES string of the molecule is C[C@@H](NC(=O)CC(=O)NC12CC3CC(CC(C3)C1)C2)c1ncn[nH]1. The molecule has 1 atom stereocenters. The second kappa shape index (κ2) is 5.86. The van der Waals surface area contributed by atoms with Crippen LogP contribution < -0.4 is 10.6 Å². The molecule has 4 aliphatic rings. The van der Waals surface area contributed by atoms with E-state index in [0.717, 1.165) is 37.0 Å². The Balaban J connectivity index is 1.31. The Hall–Kier alpha value is -1.92. The quantitative estimate of drug-likeness (QED) is 0.711. The minimum absolute atomic E-state index is 0.0390. The van der Waals surface area contributed by atoms with E-state index in [1.165, 1.54) is 25.6 Å². The van der Waals surface area contributed by atoms with Crippen LogP contribution >= 0.6 is 0 Å². The monoisotopic (exact) mass is 331 g/mol. The molecule has 0 aliphatic heterocycles. The van der Waals surface area contributed by atoms with Crippen LogP contribution in [0.3, 0.4) is 0 Å². The topological polar surface area (TPSA) is 99.8 Å². The molecule has 1 aromatic rings. The first-order valence-corrected chi connectivity index (χ1v) is 8.97. The molecule has 4 aliphatic carbocycles. The van der Waals surface area contributed by atoms with E-state index in [1.807, 2.05) is 6.92 Å². The second-order valence-corrected chi connectivity index (χ2v) is 8.08. The molecule has 2 amide bonds. The van der Waals surface area contributed by atoms with E-state index in [-0.39, 0.29) is 29.8 Å². The average Bonchev–Trinajstić information content (AvgIpc) is 2.98. The molecule has 4 bridgehead atoms. The number of aromatic nitrogens is 3. The first-order chi connectivity index (χ1) is 11.5. The fraction of sp³-hybridized carbons (Fsp3) is 0.765. The van der Waals surface area contributed by atoms with Crippen LogP contribution in [-0.2, 0) is 9.59 Å². The lowest BCUT2D eigenvalue weighted by Gasteiger charge is -2.56. The summed E-state index contributed by atoms with van der Waals surface area (Å²) in [7, 11) is 0. The number of carbonyl (C=O) groups excluding carboxylic acids is 2. The zero-order valence-electron chi connectivity index (χ0n) is 14.0. The van der Waals surface area contributed by atoms with E-state index >= 15 is 0 Å². The van der Waals surface area contributed by atoms with Gasteiger partial charge in [0.1, 0.15) is 18.6 Å². The molecule has 0 saturated heterocycles. The van der Waals surface area contributed by atoms with Crippen LogP contribution in [0.5, 0.6) is 0 Å². The van der Waals surface area contributed by atoms with Crippen LogP contribution in [0.2, 0.25) is 0 Å². The Kier molecular flexibility index (Phi) is 3.81. The Morgan fingerprint density at radius 2 is 1.83 bits per heavy atom. The summed E-state index contributed by atoms with van der Waals surface area (Å²) >= 11 is 0. The van der Waals surface area contributed by atoms with Gasteiger partial charge >= 0.3 is 0 Å². The first-order valence-electron chi connectivity index (χ1n) is 8.97. The van der Waals surface area contributed by atoms with Gasteiger partial charge in [-0.2, -0.15) is 5.10 Å². The van der Waals surface area contributed by atoms with Crippen molar-refractivity contribution in [2.75, 3.05) is 0 Å². The van der Waals surface area contributed by atoms with Crippen molar-refractivity contribution >= 4 is 11.8 Å². The fourth-order valence-electron chi connectivity index (χ4n) is 5.53. The van der Waals surface area contributed by atoms with Gasteiger partial charge in [0.15, 0.2) is 0 Å². The summed E-state index contributed by atoms with van der Waals surface area (Å²) in [5.74, 6) is 2.48. The zero-order chi connectivity index (χ0) is 16.7. The summed E-state index contributed by atoms with van der Waals surface area (Å²) in [4.78, 5) is 28.5. The first kappa shape index (κ1) is 15.6. The van der Waals surface area contributed by atoms with E-state index in [1.54, 1.807) is 0 Å². The lowest BCUT2D eigenvalue weighted by Crippen LogP contribution is -2.60. The molecule has 1 aromatic heterocycles. The molecule has 5 rings (SSSR count). The maximum atomic E-state index is 12.4. The highest BCUT2D eigenvalue weighted by Gasteiger charge is 2.51. The van der Waals surface area contributed by atoms with Crippen LogP contribution in [0.4, 0.5) is 0 Å². The van der Waals surface area contributed by atoms with Crippen LogP contribution in [0.15, 0.2) is 6.33 Å². The molecule has 4 saturated carbocycles. The van der Waals surface area contributed by atoms with E-state index < -0.39 is 0 Å². The third-order valence-electron chi connectivity index (χ3n) is 5.99. The van der Waals surface area contributed by atoms with Gasteiger partial charge in [-0.25, -0.2) is 4.98 Å². The van der Waals surface area contributed by atoms with E-state index in [4.69, 9.17) is 0 Å². The number of hydrogen-bond donors (Lipinski definition) is 3. The van der Waals surface area contributed by atoms with Gasteiger partial charge in [0.05, 0.1) is 6.04 Å². The highest BCUT2D eigenvalue weighted by atomic mass is 16.2. The largest absolute Gasteiger partial charge is 0.350 e. The smallest absolute Gasteiger partial charge is 0.230 e. The summed E-state index contributed by atoms with van der Waals surface area (Å²) < 4.78 is 0. The average molecular weight is 331 g/mol. The number of hydrogen-bond acceptors (Lipinski definition) is 4. The molecule has 0 spiro atoms. The molecule has 130 valence electrons. The maximum absolute atomic E-state index is 12.4. The Morgan fingerprint density at radius 3 is 2.38 bits per heavy atom. The number of amides is 2. The van der Waals surface area contributed by atoms with Gasteiger partial charge < -0.3 is 10.6 Å². The van der Waals surface area contributed by atoms with Crippen molar-refractivity contribution in [3.05, 3.63) is 12.2 Å². The van der Waals surface area contributed by atoms with Gasteiger partial charge in [-0.1, -0.05) is 0 Å². The Morgan fingerprint density at radius 1 is 1.21 bits per heavy atom. The molecule has 0 unspecified atom stereocenters. The van der Waals surface area contributed by atoms with Gasteiger partial charge in [0.2, 0.25) is 11.8 Å².